The van der Waals surface area contributed by atoms with Gasteiger partial charge in [-0.3, -0.25) is 0 Å². The number of nitrogens with one attached hydrogen (secondary N) is 1. The molecule has 0 unspecified atom stereocenters. The quantitative estimate of drug-likeness (QED) is 0.699. The molecule has 0 radical (unpaired) electrons. The van der Waals surface area contributed by atoms with Gasteiger partial charge in [-0.15, -0.1) is 0 Å². The topological polar surface area (TPSA) is 43.0 Å². The molecule has 0 saturated carbocycles. The van der Waals surface area contributed by atoms with Crippen LogP contribution in [0, 0.1) is 0 Å². The first-order valence-electron chi connectivity index (χ1n) is 8.92. The van der Waals surface area contributed by atoms with E-state index in [9.17, 15) is 0 Å². The Balaban J connectivity index is 2.07. The van der Waals surface area contributed by atoms with E-state index in [0.29, 0.717) is 11.5 Å². The molecule has 24 heavy (non-hydrogen) atoms. The number of hydrogen-bond acceptors (Lipinski definition) is 5. The summed E-state index contributed by atoms with van der Waals surface area (Å²) in [4.78, 5) is 2.48. The number of benzene rings is 1. The predicted molar refractivity (Wildman–Crippen MR) is 98.9 cm³/mol. The number of rotatable bonds is 9. The maximum Gasteiger partial charge on any atom is 0.205 e. The summed E-state index contributed by atoms with van der Waals surface area (Å²) in [5.74, 6) is 2.09. The molecule has 0 aromatic heterocycles. The third-order valence-corrected chi connectivity index (χ3v) is 4.98. The van der Waals surface area contributed by atoms with Crippen molar-refractivity contribution in [1.29, 1.82) is 0 Å². The highest BCUT2D eigenvalue weighted by atomic mass is 16.5. The maximum atomic E-state index is 5.62. The number of ether oxygens (including phenoxy) is 3. The van der Waals surface area contributed by atoms with Crippen molar-refractivity contribution < 1.29 is 14.2 Å². The largest absolute Gasteiger partial charge is 0.493 e. The number of nitrogens with zero attached hydrogens (tertiary/aromatic N) is 1. The molecule has 136 valence electrons. The summed E-state index contributed by atoms with van der Waals surface area (Å²) >= 11 is 0. The van der Waals surface area contributed by atoms with E-state index in [-0.39, 0.29) is 0 Å². The van der Waals surface area contributed by atoms with Crippen LogP contribution < -0.4 is 19.5 Å². The maximum absolute atomic E-state index is 5.62. The van der Waals surface area contributed by atoms with Crippen LogP contribution in [0.15, 0.2) is 6.07 Å². The van der Waals surface area contributed by atoms with Crippen LogP contribution in [-0.4, -0.2) is 52.4 Å². The zero-order chi connectivity index (χ0) is 17.5. The molecule has 1 N–H and O–H groups in total. The summed E-state index contributed by atoms with van der Waals surface area (Å²) in [7, 11) is 7.21. The van der Waals surface area contributed by atoms with Gasteiger partial charge in [-0.2, -0.15) is 0 Å². The molecule has 1 atom stereocenters. The first-order chi connectivity index (χ1) is 11.7. The molecule has 1 aliphatic heterocycles. The first kappa shape index (κ1) is 18.7. The van der Waals surface area contributed by atoms with E-state index >= 15 is 0 Å². The number of hydrogen-bond donors (Lipinski definition) is 1. The lowest BCUT2D eigenvalue weighted by molar-refractivity contribution is 0.293. The molecule has 2 rings (SSSR count). The van der Waals surface area contributed by atoms with Crippen LogP contribution in [0.2, 0.25) is 0 Å². The van der Waals surface area contributed by atoms with Gasteiger partial charge in [0.15, 0.2) is 11.5 Å². The highest BCUT2D eigenvalue weighted by Gasteiger charge is 2.21. The van der Waals surface area contributed by atoms with Crippen LogP contribution in [-0.2, 0) is 6.42 Å². The molecule has 0 aliphatic carbocycles. The lowest BCUT2D eigenvalue weighted by atomic mass is 10.1. The standard InChI is InChI=1S/C19H32N2O3/c1-6-14-13-16(22-3)18(23-4)19(24-5)17(14)20-11-7-9-15-10-8-12-21(15)2/h13,15,20H,6-12H2,1-5H3/t15-/m0/s1. The molecule has 1 aromatic rings. The van der Waals surface area contributed by atoms with Crippen molar-refractivity contribution in [2.75, 3.05) is 46.8 Å². The molecule has 0 bridgehead atoms. The molecule has 5 heteroatoms. The van der Waals surface area contributed by atoms with Gasteiger partial charge in [-0.05, 0) is 57.3 Å². The monoisotopic (exact) mass is 336 g/mol. The van der Waals surface area contributed by atoms with E-state index in [1.165, 1.54) is 31.4 Å². The fourth-order valence-corrected chi connectivity index (χ4v) is 3.57. The van der Waals surface area contributed by atoms with E-state index in [1.54, 1.807) is 21.3 Å². The Hall–Kier alpha value is -1.62. The summed E-state index contributed by atoms with van der Waals surface area (Å²) in [5.41, 5.74) is 2.21. The summed E-state index contributed by atoms with van der Waals surface area (Å²) in [5, 5.41) is 3.57. The second-order valence-corrected chi connectivity index (χ2v) is 6.38. The Morgan fingerprint density at radius 1 is 1.17 bits per heavy atom. The van der Waals surface area contributed by atoms with Gasteiger partial charge in [-0.25, -0.2) is 0 Å². The summed E-state index contributed by atoms with van der Waals surface area (Å²) in [6, 6.07) is 2.78. The second-order valence-electron chi connectivity index (χ2n) is 6.38. The van der Waals surface area contributed by atoms with E-state index in [1.807, 2.05) is 6.07 Å². The Kier molecular flexibility index (Phi) is 7.03. The van der Waals surface area contributed by atoms with E-state index in [4.69, 9.17) is 14.2 Å². The molecule has 0 amide bonds. The molecule has 5 nitrogen and oxygen atoms in total. The van der Waals surface area contributed by atoms with Crippen molar-refractivity contribution >= 4 is 5.69 Å². The lowest BCUT2D eigenvalue weighted by Crippen LogP contribution is -2.25. The normalized spacial score (nSPS) is 17.8. The molecular weight excluding hydrogens is 304 g/mol. The molecular formula is C19H32N2O3. The summed E-state index contributed by atoms with van der Waals surface area (Å²) in [6.45, 7) is 4.31. The average Bonchev–Trinajstić information content (AvgIpc) is 3.02. The van der Waals surface area contributed by atoms with Gasteiger partial charge < -0.3 is 24.4 Å². The second kappa shape index (κ2) is 9.02. The minimum atomic E-state index is 0.648. The van der Waals surface area contributed by atoms with Crippen LogP contribution in [0.5, 0.6) is 17.2 Å². The van der Waals surface area contributed by atoms with Crippen LogP contribution in [0.25, 0.3) is 0 Å². The minimum absolute atomic E-state index is 0.648. The minimum Gasteiger partial charge on any atom is -0.493 e. The average molecular weight is 336 g/mol. The zero-order valence-electron chi connectivity index (χ0n) is 15.8. The molecule has 1 aromatic carbocycles. The molecule has 1 saturated heterocycles. The summed E-state index contributed by atoms with van der Waals surface area (Å²) < 4.78 is 16.6. The Morgan fingerprint density at radius 3 is 2.46 bits per heavy atom. The fourth-order valence-electron chi connectivity index (χ4n) is 3.57. The SMILES string of the molecule is CCc1cc(OC)c(OC)c(OC)c1NCCC[C@H]1CCCN1C. The van der Waals surface area contributed by atoms with Crippen LogP contribution >= 0.6 is 0 Å². The van der Waals surface area contributed by atoms with Gasteiger partial charge in [0.2, 0.25) is 5.75 Å². The van der Waals surface area contributed by atoms with Crippen molar-refractivity contribution in [1.82, 2.24) is 4.90 Å². The van der Waals surface area contributed by atoms with Gasteiger partial charge >= 0.3 is 0 Å². The predicted octanol–water partition coefficient (Wildman–Crippen LogP) is 3.56. The van der Waals surface area contributed by atoms with Crippen LogP contribution in [0.3, 0.4) is 0 Å². The van der Waals surface area contributed by atoms with E-state index in [2.05, 4.69) is 24.2 Å². The highest BCUT2D eigenvalue weighted by Crippen LogP contribution is 2.45. The van der Waals surface area contributed by atoms with Crippen molar-refractivity contribution in [2.45, 2.75) is 45.1 Å². The zero-order valence-corrected chi connectivity index (χ0v) is 15.8. The number of methoxy groups -OCH3 is 3. The molecule has 1 aliphatic rings. The van der Waals surface area contributed by atoms with Gasteiger partial charge in [0.25, 0.3) is 0 Å². The van der Waals surface area contributed by atoms with Gasteiger partial charge in [0.05, 0.1) is 27.0 Å². The molecule has 1 heterocycles. The number of anilines is 1. The van der Waals surface area contributed by atoms with Gasteiger partial charge in [-0.1, -0.05) is 6.92 Å². The van der Waals surface area contributed by atoms with Crippen molar-refractivity contribution in [3.8, 4) is 17.2 Å². The Labute approximate surface area is 146 Å². The van der Waals surface area contributed by atoms with Crippen LogP contribution in [0.4, 0.5) is 5.69 Å². The number of aryl methyl sites for hydroxylation is 1. The smallest absolute Gasteiger partial charge is 0.205 e. The van der Waals surface area contributed by atoms with E-state index < -0.39 is 0 Å². The van der Waals surface area contributed by atoms with Gasteiger partial charge in [0, 0.05) is 12.6 Å². The number of likely N-dealkylation sites (tertiary alicyclic amines) is 1. The Bertz CT molecular complexity index is 534. The molecule has 1 fully saturated rings. The van der Waals surface area contributed by atoms with Crippen LogP contribution in [0.1, 0.15) is 38.2 Å². The third-order valence-electron chi connectivity index (χ3n) is 4.98. The molecule has 0 spiro atoms. The van der Waals surface area contributed by atoms with Crippen molar-refractivity contribution in [2.24, 2.45) is 0 Å². The van der Waals surface area contributed by atoms with Gasteiger partial charge in [0.1, 0.15) is 0 Å². The lowest BCUT2D eigenvalue weighted by Gasteiger charge is -2.21. The summed E-state index contributed by atoms with van der Waals surface area (Å²) in [6.07, 6.45) is 5.95. The highest BCUT2D eigenvalue weighted by molar-refractivity contribution is 5.72. The Morgan fingerprint density at radius 2 is 1.92 bits per heavy atom. The van der Waals surface area contributed by atoms with Crippen molar-refractivity contribution in [3.05, 3.63) is 11.6 Å². The van der Waals surface area contributed by atoms with Crippen molar-refractivity contribution in [3.63, 3.8) is 0 Å². The third kappa shape index (κ3) is 4.07. The van der Waals surface area contributed by atoms with E-state index in [0.717, 1.165) is 36.9 Å². The fraction of sp³-hybridized carbons (Fsp3) is 0.684. The first-order valence-corrected chi connectivity index (χ1v) is 8.92.